The molecule has 0 spiro atoms. The van der Waals surface area contributed by atoms with Gasteiger partial charge in [-0.3, -0.25) is 9.59 Å². The molecule has 3 rings (SSSR count). The van der Waals surface area contributed by atoms with Gasteiger partial charge in [-0.15, -0.1) is 0 Å². The van der Waals surface area contributed by atoms with Crippen LogP contribution in [0.1, 0.15) is 38.2 Å². The molecule has 0 radical (unpaired) electrons. The number of rotatable bonds is 2. The van der Waals surface area contributed by atoms with E-state index >= 15 is 0 Å². The maximum absolute atomic E-state index is 12.8. The molecule has 0 aliphatic heterocycles. The van der Waals surface area contributed by atoms with Crippen molar-refractivity contribution in [3.8, 4) is 0 Å². The van der Waals surface area contributed by atoms with E-state index in [1.165, 1.54) is 6.92 Å². The first kappa shape index (κ1) is 15.6. The Labute approximate surface area is 139 Å². The summed E-state index contributed by atoms with van der Waals surface area (Å²) in [7, 11) is 0. The van der Waals surface area contributed by atoms with Crippen LogP contribution in [-0.2, 0) is 14.3 Å². The fraction of sp³-hybridized carbons (Fsp3) is 0.412. The van der Waals surface area contributed by atoms with Gasteiger partial charge in [-0.25, -0.2) is 0 Å². The molecule has 0 amide bonds. The van der Waals surface area contributed by atoms with Gasteiger partial charge in [-0.1, -0.05) is 42.1 Å². The van der Waals surface area contributed by atoms with Crippen molar-refractivity contribution in [2.45, 2.75) is 32.6 Å². The molecule has 22 heavy (non-hydrogen) atoms. The Hall–Kier alpha value is -1.32. The van der Waals surface area contributed by atoms with Crippen LogP contribution in [0.25, 0.3) is 5.57 Å². The lowest BCUT2D eigenvalue weighted by atomic mass is 9.80. The first-order valence-electron chi connectivity index (χ1n) is 7.41. The molecule has 1 aromatic rings. The lowest BCUT2D eigenvalue weighted by molar-refractivity contribution is -0.138. The van der Waals surface area contributed by atoms with Gasteiger partial charge in [-0.2, -0.15) is 0 Å². The Morgan fingerprint density at radius 2 is 1.86 bits per heavy atom. The number of ether oxygens (including phenoxy) is 1. The summed E-state index contributed by atoms with van der Waals surface area (Å²) >= 11 is 12.2. The predicted molar refractivity (Wildman–Crippen MR) is 85.6 cm³/mol. The molecule has 0 N–H and O–H groups in total. The number of hydrogen-bond donors (Lipinski definition) is 0. The minimum atomic E-state index is -0.406. The molecule has 0 heterocycles. The fourth-order valence-corrected chi connectivity index (χ4v) is 3.99. The molecule has 0 bridgehead atoms. The molecule has 1 fully saturated rings. The number of esters is 1. The second-order valence-electron chi connectivity index (χ2n) is 5.82. The van der Waals surface area contributed by atoms with Crippen molar-refractivity contribution in [3.63, 3.8) is 0 Å². The molecular weight excluding hydrogens is 323 g/mol. The first-order valence-corrected chi connectivity index (χ1v) is 8.17. The van der Waals surface area contributed by atoms with Crippen molar-refractivity contribution in [2.24, 2.45) is 11.8 Å². The van der Waals surface area contributed by atoms with Crippen molar-refractivity contribution in [1.29, 1.82) is 0 Å². The van der Waals surface area contributed by atoms with Gasteiger partial charge in [0.05, 0.1) is 10.6 Å². The molecule has 2 aliphatic carbocycles. The van der Waals surface area contributed by atoms with Crippen molar-refractivity contribution in [3.05, 3.63) is 39.6 Å². The molecule has 2 aliphatic rings. The summed E-state index contributed by atoms with van der Waals surface area (Å²) in [6.07, 6.45) is 3.78. The number of carbonyl (C=O) groups excluding carboxylic acids is 2. The van der Waals surface area contributed by atoms with Crippen LogP contribution < -0.4 is 0 Å². The van der Waals surface area contributed by atoms with Crippen molar-refractivity contribution >= 4 is 40.5 Å². The number of fused-ring (bicyclic) bond motifs is 1. The quantitative estimate of drug-likeness (QED) is 0.736. The number of hydrogen-bond acceptors (Lipinski definition) is 3. The van der Waals surface area contributed by atoms with Crippen molar-refractivity contribution in [1.82, 2.24) is 0 Å². The maximum Gasteiger partial charge on any atom is 0.307 e. The van der Waals surface area contributed by atoms with Crippen LogP contribution in [0.3, 0.4) is 0 Å². The zero-order valence-corrected chi connectivity index (χ0v) is 13.7. The van der Waals surface area contributed by atoms with Crippen LogP contribution in [0.4, 0.5) is 0 Å². The van der Waals surface area contributed by atoms with Crippen LogP contribution >= 0.6 is 23.2 Å². The monoisotopic (exact) mass is 338 g/mol. The highest BCUT2D eigenvalue weighted by Crippen LogP contribution is 2.48. The molecule has 2 atom stereocenters. The molecule has 0 aromatic heterocycles. The Morgan fingerprint density at radius 1 is 1.18 bits per heavy atom. The fourth-order valence-electron chi connectivity index (χ4n) is 3.49. The third kappa shape index (κ3) is 2.68. The average molecular weight is 339 g/mol. The number of allylic oxidation sites excluding steroid dienone is 2. The van der Waals surface area contributed by atoms with Crippen LogP contribution in [0.5, 0.6) is 0 Å². The summed E-state index contributed by atoms with van der Waals surface area (Å²) in [6.45, 7) is 1.36. The van der Waals surface area contributed by atoms with Crippen LogP contribution in [0.15, 0.2) is 24.0 Å². The summed E-state index contributed by atoms with van der Waals surface area (Å²) in [5.74, 6) is 0.0185. The zero-order chi connectivity index (χ0) is 15.9. The summed E-state index contributed by atoms with van der Waals surface area (Å²) in [6, 6.07) is 5.02. The van der Waals surface area contributed by atoms with Gasteiger partial charge in [0.2, 0.25) is 0 Å². The first-order chi connectivity index (χ1) is 10.5. The maximum atomic E-state index is 12.8. The minimum Gasteiger partial charge on any atom is -0.430 e. The van der Waals surface area contributed by atoms with E-state index < -0.39 is 5.97 Å². The number of ketones is 1. The van der Waals surface area contributed by atoms with Gasteiger partial charge in [0.25, 0.3) is 0 Å². The minimum absolute atomic E-state index is 0.00750. The summed E-state index contributed by atoms with van der Waals surface area (Å²) in [5, 5.41) is 0.908. The topological polar surface area (TPSA) is 43.4 Å². The number of Topliss-reactive ketones (excluding diaryl/α,β-unsaturated/α-hetero) is 1. The summed E-state index contributed by atoms with van der Waals surface area (Å²) in [4.78, 5) is 24.3. The summed E-state index contributed by atoms with van der Waals surface area (Å²) in [5.41, 5.74) is 1.05. The van der Waals surface area contributed by atoms with Gasteiger partial charge in [0, 0.05) is 29.3 Å². The molecule has 5 heteroatoms. The third-order valence-corrected chi connectivity index (χ3v) is 4.93. The van der Waals surface area contributed by atoms with Gasteiger partial charge >= 0.3 is 5.97 Å². The molecular formula is C17H16Cl2O3. The number of halogens is 2. The van der Waals surface area contributed by atoms with Crippen molar-refractivity contribution < 1.29 is 14.3 Å². The highest BCUT2D eigenvalue weighted by Gasteiger charge is 2.45. The Morgan fingerprint density at radius 3 is 2.50 bits per heavy atom. The van der Waals surface area contributed by atoms with Crippen molar-refractivity contribution in [2.75, 3.05) is 0 Å². The largest absolute Gasteiger partial charge is 0.430 e. The predicted octanol–water partition coefficient (Wildman–Crippen LogP) is 4.66. The Kier molecular flexibility index (Phi) is 4.28. The SMILES string of the molecule is CC(=O)OC1=C(c2ccc(Cl)cc2Cl)C(=O)C2CCCCC12. The lowest BCUT2D eigenvalue weighted by Crippen LogP contribution is -2.22. The molecule has 1 aromatic carbocycles. The van der Waals surface area contributed by atoms with Gasteiger partial charge in [0.15, 0.2) is 5.78 Å². The zero-order valence-electron chi connectivity index (χ0n) is 12.2. The molecule has 3 nitrogen and oxygen atoms in total. The molecule has 2 unspecified atom stereocenters. The van der Waals surface area contributed by atoms with E-state index in [0.29, 0.717) is 26.9 Å². The second kappa shape index (κ2) is 6.05. The molecule has 116 valence electrons. The smallest absolute Gasteiger partial charge is 0.307 e. The molecule has 0 saturated heterocycles. The van der Waals surface area contributed by atoms with E-state index in [-0.39, 0.29) is 17.6 Å². The van der Waals surface area contributed by atoms with Gasteiger partial charge < -0.3 is 4.74 Å². The van der Waals surface area contributed by atoms with Gasteiger partial charge in [-0.05, 0) is 25.0 Å². The normalized spacial score (nSPS) is 24.4. The highest BCUT2D eigenvalue weighted by atomic mass is 35.5. The van der Waals surface area contributed by atoms with E-state index in [4.69, 9.17) is 27.9 Å². The van der Waals surface area contributed by atoms with Gasteiger partial charge in [0.1, 0.15) is 5.76 Å². The number of carbonyl (C=O) groups is 2. The standard InChI is InChI=1S/C17H16Cl2O3/c1-9(20)22-17-12-5-3-2-4-11(12)16(21)15(17)13-7-6-10(18)8-14(13)19/h6-8,11-12H,2-5H2,1H3. The van der Waals surface area contributed by atoms with Crippen LogP contribution in [0, 0.1) is 11.8 Å². The third-order valence-electron chi connectivity index (χ3n) is 4.39. The summed E-state index contributed by atoms with van der Waals surface area (Å²) < 4.78 is 5.43. The number of benzene rings is 1. The average Bonchev–Trinajstić information content (AvgIpc) is 2.73. The second-order valence-corrected chi connectivity index (χ2v) is 6.66. The van der Waals surface area contributed by atoms with Crippen LogP contribution in [0.2, 0.25) is 10.0 Å². The van der Waals surface area contributed by atoms with E-state index in [2.05, 4.69) is 0 Å². The van der Waals surface area contributed by atoms with E-state index in [0.717, 1.165) is 25.7 Å². The molecule has 1 saturated carbocycles. The van der Waals surface area contributed by atoms with E-state index in [9.17, 15) is 9.59 Å². The lowest BCUT2D eigenvalue weighted by Gasteiger charge is -2.25. The van der Waals surface area contributed by atoms with E-state index in [1.54, 1.807) is 18.2 Å². The Bertz CT molecular complexity index is 678. The van der Waals surface area contributed by atoms with Crippen LogP contribution in [-0.4, -0.2) is 11.8 Å². The van der Waals surface area contributed by atoms with E-state index in [1.807, 2.05) is 0 Å². The Balaban J connectivity index is 2.13. The highest BCUT2D eigenvalue weighted by molar-refractivity contribution is 6.38.